The Labute approximate surface area is 117 Å². The molecular formula is C13H14N2O2S2. The molecule has 0 radical (unpaired) electrons. The Bertz CT molecular complexity index is 709. The fourth-order valence-corrected chi connectivity index (χ4v) is 3.33. The number of hydrogen-bond donors (Lipinski definition) is 1. The van der Waals surface area contributed by atoms with Crippen molar-refractivity contribution in [2.75, 3.05) is 7.05 Å². The zero-order valence-corrected chi connectivity index (χ0v) is 12.0. The quantitative estimate of drug-likeness (QED) is 0.882. The second-order valence-corrected chi connectivity index (χ2v) is 6.57. The van der Waals surface area contributed by atoms with Crippen LogP contribution in [-0.2, 0) is 16.6 Å². The summed E-state index contributed by atoms with van der Waals surface area (Å²) in [6, 6.07) is 11.0. The lowest BCUT2D eigenvalue weighted by atomic mass is 10.2. The van der Waals surface area contributed by atoms with Crippen LogP contribution in [0.5, 0.6) is 0 Å². The van der Waals surface area contributed by atoms with Crippen molar-refractivity contribution in [3.05, 3.63) is 58.9 Å². The van der Waals surface area contributed by atoms with Gasteiger partial charge in [-0.1, -0.05) is 42.5 Å². The molecule has 0 aliphatic heterocycles. The predicted octanol–water partition coefficient (Wildman–Crippen LogP) is 2.56. The summed E-state index contributed by atoms with van der Waals surface area (Å²) in [5.41, 5.74) is 0.930. The van der Waals surface area contributed by atoms with Gasteiger partial charge in [-0.3, -0.25) is 0 Å². The van der Waals surface area contributed by atoms with Crippen molar-refractivity contribution >= 4 is 22.2 Å². The number of aromatic amines is 1. The summed E-state index contributed by atoms with van der Waals surface area (Å²) < 4.78 is 26.4. The number of nitrogens with one attached hydrogen (secondary N) is 1. The van der Waals surface area contributed by atoms with E-state index in [0.717, 1.165) is 5.56 Å². The standard InChI is InChI=1S/C13H14N2O2S2/c1-15(10-11-5-3-2-4-6-11)19(16,17)13-9-14-8-7-12(13)18/h2-9H,10H2,1H3,(H,14,18). The van der Waals surface area contributed by atoms with E-state index in [0.29, 0.717) is 11.1 Å². The van der Waals surface area contributed by atoms with Crippen molar-refractivity contribution in [3.8, 4) is 0 Å². The lowest BCUT2D eigenvalue weighted by molar-refractivity contribution is 0.466. The van der Waals surface area contributed by atoms with E-state index in [-0.39, 0.29) is 4.90 Å². The minimum atomic E-state index is -3.57. The summed E-state index contributed by atoms with van der Waals surface area (Å²) in [7, 11) is -2.02. The number of aromatic nitrogens is 1. The molecule has 0 fully saturated rings. The number of rotatable bonds is 4. The smallest absolute Gasteiger partial charge is 0.246 e. The van der Waals surface area contributed by atoms with Gasteiger partial charge in [-0.05, 0) is 11.6 Å². The molecule has 2 aromatic rings. The van der Waals surface area contributed by atoms with Gasteiger partial charge in [0.1, 0.15) is 4.90 Å². The molecular weight excluding hydrogens is 280 g/mol. The molecule has 0 atom stereocenters. The van der Waals surface area contributed by atoms with Gasteiger partial charge in [0, 0.05) is 26.0 Å². The zero-order chi connectivity index (χ0) is 13.9. The van der Waals surface area contributed by atoms with Crippen LogP contribution < -0.4 is 0 Å². The van der Waals surface area contributed by atoms with Gasteiger partial charge < -0.3 is 4.98 Å². The molecule has 0 bridgehead atoms. The van der Waals surface area contributed by atoms with Crippen LogP contribution in [0.3, 0.4) is 0 Å². The molecule has 2 rings (SSSR count). The number of pyridine rings is 1. The molecule has 100 valence electrons. The Morgan fingerprint density at radius 2 is 1.89 bits per heavy atom. The third-order valence-corrected chi connectivity index (χ3v) is 5.05. The molecule has 19 heavy (non-hydrogen) atoms. The SMILES string of the molecule is CN(Cc1ccccc1)S(=O)(=O)c1c[nH]ccc1=S. The average molecular weight is 294 g/mol. The van der Waals surface area contributed by atoms with Crippen molar-refractivity contribution in [2.24, 2.45) is 0 Å². The monoisotopic (exact) mass is 294 g/mol. The maximum Gasteiger partial charge on any atom is 0.246 e. The molecule has 0 spiro atoms. The van der Waals surface area contributed by atoms with Gasteiger partial charge in [0.2, 0.25) is 10.0 Å². The third kappa shape index (κ3) is 3.09. The third-order valence-electron chi connectivity index (χ3n) is 2.72. The zero-order valence-electron chi connectivity index (χ0n) is 10.4. The molecule has 0 amide bonds. The van der Waals surface area contributed by atoms with Crippen LogP contribution in [-0.4, -0.2) is 24.8 Å². The first kappa shape index (κ1) is 13.9. The van der Waals surface area contributed by atoms with Crippen LogP contribution in [0.4, 0.5) is 0 Å². The summed E-state index contributed by atoms with van der Waals surface area (Å²) in [5, 5.41) is 0. The highest BCUT2D eigenvalue weighted by atomic mass is 32.2. The summed E-state index contributed by atoms with van der Waals surface area (Å²) >= 11 is 5.06. The van der Waals surface area contributed by atoms with E-state index in [1.807, 2.05) is 30.3 Å². The van der Waals surface area contributed by atoms with Gasteiger partial charge in [0.15, 0.2) is 0 Å². The van der Waals surface area contributed by atoms with E-state index < -0.39 is 10.0 Å². The summed E-state index contributed by atoms with van der Waals surface area (Å²) in [6.45, 7) is 0.312. The minimum absolute atomic E-state index is 0.128. The number of hydrogen-bond acceptors (Lipinski definition) is 3. The predicted molar refractivity (Wildman–Crippen MR) is 76.7 cm³/mol. The van der Waals surface area contributed by atoms with Crippen LogP contribution >= 0.6 is 12.2 Å². The van der Waals surface area contributed by atoms with Gasteiger partial charge in [0.05, 0.1) is 4.51 Å². The maximum absolute atomic E-state index is 12.4. The highest BCUT2D eigenvalue weighted by Gasteiger charge is 2.22. The molecule has 4 nitrogen and oxygen atoms in total. The van der Waals surface area contributed by atoms with E-state index in [1.165, 1.54) is 10.5 Å². The number of sulfonamides is 1. The van der Waals surface area contributed by atoms with Crippen LogP contribution in [0.15, 0.2) is 53.7 Å². The fourth-order valence-electron chi connectivity index (χ4n) is 1.70. The molecule has 0 unspecified atom stereocenters. The van der Waals surface area contributed by atoms with Gasteiger partial charge in [-0.15, -0.1) is 0 Å². The Balaban J connectivity index is 2.31. The maximum atomic E-state index is 12.4. The van der Waals surface area contributed by atoms with Crippen molar-refractivity contribution in [3.63, 3.8) is 0 Å². The number of nitrogens with zero attached hydrogens (tertiary/aromatic N) is 1. The largest absolute Gasteiger partial charge is 0.366 e. The first-order valence-electron chi connectivity index (χ1n) is 5.69. The minimum Gasteiger partial charge on any atom is -0.366 e. The fraction of sp³-hybridized carbons (Fsp3) is 0.154. The van der Waals surface area contributed by atoms with Crippen molar-refractivity contribution in [1.29, 1.82) is 0 Å². The molecule has 6 heteroatoms. The second-order valence-electron chi connectivity index (χ2n) is 4.12. The van der Waals surface area contributed by atoms with E-state index >= 15 is 0 Å². The van der Waals surface area contributed by atoms with E-state index in [2.05, 4.69) is 4.98 Å². The lowest BCUT2D eigenvalue weighted by Gasteiger charge is -2.17. The van der Waals surface area contributed by atoms with E-state index in [9.17, 15) is 8.42 Å². The Kier molecular flexibility index (Phi) is 4.14. The average Bonchev–Trinajstić information content (AvgIpc) is 2.40. The highest BCUT2D eigenvalue weighted by Crippen LogP contribution is 2.16. The molecule has 1 aromatic heterocycles. The molecule has 1 N–H and O–H groups in total. The molecule has 0 saturated carbocycles. The van der Waals surface area contributed by atoms with Gasteiger partial charge >= 0.3 is 0 Å². The molecule has 0 saturated heterocycles. The summed E-state index contributed by atoms with van der Waals surface area (Å²) in [4.78, 5) is 2.88. The molecule has 1 aromatic carbocycles. The van der Waals surface area contributed by atoms with E-state index in [4.69, 9.17) is 12.2 Å². The molecule has 1 heterocycles. The normalized spacial score (nSPS) is 11.7. The number of benzene rings is 1. The topological polar surface area (TPSA) is 53.2 Å². The molecule has 0 aliphatic rings. The molecule has 0 aliphatic carbocycles. The van der Waals surface area contributed by atoms with Crippen LogP contribution in [0.25, 0.3) is 0 Å². The summed E-state index contributed by atoms with van der Waals surface area (Å²) in [5.74, 6) is 0. The Morgan fingerprint density at radius 3 is 2.53 bits per heavy atom. The second kappa shape index (κ2) is 5.64. The first-order valence-corrected chi connectivity index (χ1v) is 7.54. The summed E-state index contributed by atoms with van der Waals surface area (Å²) in [6.07, 6.45) is 3.03. The Morgan fingerprint density at radius 1 is 1.21 bits per heavy atom. The van der Waals surface area contributed by atoms with Crippen LogP contribution in [0.2, 0.25) is 0 Å². The van der Waals surface area contributed by atoms with Gasteiger partial charge in [-0.2, -0.15) is 4.31 Å². The van der Waals surface area contributed by atoms with Crippen molar-refractivity contribution < 1.29 is 8.42 Å². The van der Waals surface area contributed by atoms with E-state index in [1.54, 1.807) is 19.3 Å². The van der Waals surface area contributed by atoms with Gasteiger partial charge in [0.25, 0.3) is 0 Å². The lowest BCUT2D eigenvalue weighted by Crippen LogP contribution is -2.26. The van der Waals surface area contributed by atoms with Crippen molar-refractivity contribution in [2.45, 2.75) is 11.4 Å². The first-order chi connectivity index (χ1) is 9.01. The highest BCUT2D eigenvalue weighted by molar-refractivity contribution is 7.89. The Hall–Kier alpha value is -1.50. The number of H-pyrrole nitrogens is 1. The van der Waals surface area contributed by atoms with Crippen LogP contribution in [0.1, 0.15) is 5.56 Å². The van der Waals surface area contributed by atoms with Crippen LogP contribution in [0, 0.1) is 4.51 Å². The van der Waals surface area contributed by atoms with Gasteiger partial charge in [-0.25, -0.2) is 8.42 Å². The van der Waals surface area contributed by atoms with Crippen molar-refractivity contribution in [1.82, 2.24) is 9.29 Å².